The van der Waals surface area contributed by atoms with Crippen LogP contribution in [0.1, 0.15) is 62.5 Å². The number of methoxy groups -OCH3 is 1. The second kappa shape index (κ2) is 19.0. The maximum Gasteiger partial charge on any atom is 0.328 e. The van der Waals surface area contributed by atoms with E-state index in [1.807, 2.05) is 67.6 Å². The number of amides is 1. The minimum Gasteiger partial charge on any atom is -0.493 e. The minimum absolute atomic E-state index is 0.195. The zero-order valence-electron chi connectivity index (χ0n) is 36.5. The molecule has 1 fully saturated rings. The number of carbonyl (C=O) groups excluding carboxylic acids is 2. The molecule has 9 rings (SSSR count). The molecule has 1 aromatic heterocycles. The molecule has 0 saturated carbocycles. The van der Waals surface area contributed by atoms with Crippen LogP contribution in [0.5, 0.6) is 11.5 Å². The molecule has 6 aromatic rings. The zero-order chi connectivity index (χ0) is 45.2. The number of esters is 1. The number of fused-ring (bicyclic) bond motifs is 2. The third-order valence-electron chi connectivity index (χ3n) is 13.1. The topological polar surface area (TPSA) is 99.2 Å². The fraction of sp³-hybridized carbons (Fsp3) is 0.302. The maximum atomic E-state index is 14.5. The van der Waals surface area contributed by atoms with Crippen LogP contribution in [-0.4, -0.2) is 60.8 Å². The van der Waals surface area contributed by atoms with Crippen LogP contribution in [0, 0.1) is 19.7 Å². The van der Waals surface area contributed by atoms with E-state index in [-0.39, 0.29) is 24.1 Å². The second-order valence-corrected chi connectivity index (χ2v) is 18.2. The van der Waals surface area contributed by atoms with E-state index in [4.69, 9.17) is 42.1 Å². The summed E-state index contributed by atoms with van der Waals surface area (Å²) in [5.74, 6) is 0.552. The molecule has 334 valence electrons. The third-order valence-corrected chi connectivity index (χ3v) is 13.9. The van der Waals surface area contributed by atoms with Crippen LogP contribution in [0.3, 0.4) is 0 Å². The average molecular weight is 915 g/mol. The van der Waals surface area contributed by atoms with Gasteiger partial charge in [0.25, 0.3) is 0 Å². The van der Waals surface area contributed by atoms with Gasteiger partial charge in [-0.05, 0) is 138 Å². The van der Waals surface area contributed by atoms with Gasteiger partial charge < -0.3 is 24.3 Å². The molecule has 12 heteroatoms. The van der Waals surface area contributed by atoms with E-state index in [2.05, 4.69) is 46.4 Å². The number of rotatable bonds is 12. The van der Waals surface area contributed by atoms with Crippen molar-refractivity contribution in [2.75, 3.05) is 26.9 Å². The molecule has 4 heterocycles. The number of benzene rings is 5. The molecule has 3 aliphatic rings. The van der Waals surface area contributed by atoms with Crippen molar-refractivity contribution >= 4 is 35.1 Å². The number of hydrogen-bond donors (Lipinski definition) is 1. The van der Waals surface area contributed by atoms with Gasteiger partial charge in [-0.2, -0.15) is 0 Å². The van der Waals surface area contributed by atoms with Crippen molar-refractivity contribution < 1.29 is 32.9 Å². The molecule has 0 bridgehead atoms. The molecular weight excluding hydrogens is 865 g/mol. The second-order valence-electron chi connectivity index (χ2n) is 17.4. The quantitative estimate of drug-likeness (QED) is 0.121. The standard InChI is InChI=1S/C53H50Cl2FN3O6/c1-32-33(2)57-19-17-45(32)37-9-7-34(8-10-37)22-48(52(61)62-3)58-51(60)49-25-39-26-50-40(24-41(39)29-59(49)28-35-5-4-6-43(56)21-35)23-38(18-20-64-50)36-11-14-44(15-12-36)65-53(30-63-31-53)42-13-16-46(54)47(55)27-42/h4-17,19,21,24,26-27,38,48-49H,18,20,22-23,25,28-31H2,1-3H3,(H,58,60)/t38?,48-,49-/m0/s1. The SMILES string of the molecule is COC(=O)[C@H](Cc1ccc(-c2ccnc(C)c2C)cc1)NC(=O)[C@@H]1Cc2cc3c(cc2CN1Cc1cccc(F)c1)CC(c1ccc(OC2(c4ccc(Cl)c(Cl)c4)COC2)cc1)CCO3. The Morgan fingerprint density at radius 1 is 0.892 bits per heavy atom. The molecule has 0 spiro atoms. The van der Waals surface area contributed by atoms with Crippen molar-refractivity contribution in [3.05, 3.63) is 181 Å². The Morgan fingerprint density at radius 3 is 2.42 bits per heavy atom. The highest BCUT2D eigenvalue weighted by Crippen LogP contribution is 2.40. The average Bonchev–Trinajstić information content (AvgIpc) is 3.50. The molecule has 0 aliphatic carbocycles. The van der Waals surface area contributed by atoms with E-state index in [1.165, 1.54) is 24.8 Å². The number of nitrogens with one attached hydrogen (secondary N) is 1. The fourth-order valence-corrected chi connectivity index (χ4v) is 9.57. The first-order valence-corrected chi connectivity index (χ1v) is 22.7. The Bertz CT molecular complexity index is 2730. The Hall–Kier alpha value is -5.78. The molecule has 65 heavy (non-hydrogen) atoms. The fourth-order valence-electron chi connectivity index (χ4n) is 9.27. The van der Waals surface area contributed by atoms with Crippen molar-refractivity contribution in [1.82, 2.24) is 15.2 Å². The van der Waals surface area contributed by atoms with E-state index < -0.39 is 23.7 Å². The lowest BCUT2D eigenvalue weighted by molar-refractivity contribution is -0.167. The van der Waals surface area contributed by atoms with Gasteiger partial charge in [-0.15, -0.1) is 0 Å². The van der Waals surface area contributed by atoms with Gasteiger partial charge in [-0.1, -0.05) is 83.9 Å². The largest absolute Gasteiger partial charge is 0.493 e. The summed E-state index contributed by atoms with van der Waals surface area (Å²) < 4.78 is 38.3. The summed E-state index contributed by atoms with van der Waals surface area (Å²) in [4.78, 5) is 34.2. The highest BCUT2D eigenvalue weighted by molar-refractivity contribution is 6.42. The predicted octanol–water partition coefficient (Wildman–Crippen LogP) is 10.1. The van der Waals surface area contributed by atoms with Gasteiger partial charge in [0.05, 0.1) is 43.0 Å². The van der Waals surface area contributed by atoms with E-state index >= 15 is 0 Å². The predicted molar refractivity (Wildman–Crippen MR) is 249 cm³/mol. The van der Waals surface area contributed by atoms with Crippen molar-refractivity contribution in [2.24, 2.45) is 0 Å². The Kier molecular flexibility index (Phi) is 13.0. The molecule has 1 amide bonds. The van der Waals surface area contributed by atoms with Gasteiger partial charge in [0, 0.05) is 37.0 Å². The van der Waals surface area contributed by atoms with E-state index in [1.54, 1.807) is 18.3 Å². The first kappa shape index (κ1) is 44.4. The monoisotopic (exact) mass is 913 g/mol. The molecule has 3 atom stereocenters. The van der Waals surface area contributed by atoms with Crippen molar-refractivity contribution in [3.63, 3.8) is 0 Å². The number of aromatic nitrogens is 1. The number of pyridine rings is 1. The molecular formula is C53H50Cl2FN3O6. The Morgan fingerprint density at radius 2 is 1.69 bits per heavy atom. The molecule has 1 saturated heterocycles. The summed E-state index contributed by atoms with van der Waals surface area (Å²) >= 11 is 12.5. The van der Waals surface area contributed by atoms with Gasteiger partial charge >= 0.3 is 5.97 Å². The van der Waals surface area contributed by atoms with Gasteiger partial charge in [-0.25, -0.2) is 9.18 Å². The number of nitrogens with zero attached hydrogens (tertiary/aromatic N) is 2. The van der Waals surface area contributed by atoms with Crippen LogP contribution in [0.25, 0.3) is 11.1 Å². The minimum atomic E-state index is -0.926. The summed E-state index contributed by atoms with van der Waals surface area (Å²) in [7, 11) is 1.33. The molecule has 9 nitrogen and oxygen atoms in total. The summed E-state index contributed by atoms with van der Waals surface area (Å²) in [5, 5.41) is 4.01. The van der Waals surface area contributed by atoms with Crippen molar-refractivity contribution in [2.45, 2.75) is 76.2 Å². The molecule has 5 aromatic carbocycles. The summed E-state index contributed by atoms with van der Waals surface area (Å²) in [6.07, 6.45) is 4.00. The number of hydrogen-bond acceptors (Lipinski definition) is 8. The normalized spacial score (nSPS) is 18.2. The van der Waals surface area contributed by atoms with Crippen LogP contribution in [0.2, 0.25) is 10.0 Å². The van der Waals surface area contributed by atoms with Crippen LogP contribution in [0.4, 0.5) is 4.39 Å². The van der Waals surface area contributed by atoms with E-state index in [0.717, 1.165) is 80.1 Å². The maximum absolute atomic E-state index is 14.5. The first-order valence-electron chi connectivity index (χ1n) is 21.9. The Labute approximate surface area is 388 Å². The molecule has 0 radical (unpaired) electrons. The molecule has 1 N–H and O–H groups in total. The highest BCUT2D eigenvalue weighted by Gasteiger charge is 2.43. The van der Waals surface area contributed by atoms with Crippen LogP contribution in [-0.2, 0) is 57.0 Å². The smallest absolute Gasteiger partial charge is 0.328 e. The Balaban J connectivity index is 0.928. The number of ether oxygens (including phenoxy) is 4. The number of aryl methyl sites for hydroxylation is 1. The van der Waals surface area contributed by atoms with Gasteiger partial charge in [0.2, 0.25) is 5.91 Å². The summed E-state index contributed by atoms with van der Waals surface area (Å²) in [6.45, 7) is 6.17. The third kappa shape index (κ3) is 9.63. The van der Waals surface area contributed by atoms with E-state index in [9.17, 15) is 14.0 Å². The van der Waals surface area contributed by atoms with Crippen LogP contribution < -0.4 is 14.8 Å². The lowest BCUT2D eigenvalue weighted by Crippen LogP contribution is -2.54. The summed E-state index contributed by atoms with van der Waals surface area (Å²) in [6, 6.07) is 32.9. The van der Waals surface area contributed by atoms with Crippen molar-refractivity contribution in [3.8, 4) is 22.6 Å². The molecule has 1 unspecified atom stereocenters. The zero-order valence-corrected chi connectivity index (χ0v) is 38.1. The first-order chi connectivity index (χ1) is 31.4. The van der Waals surface area contributed by atoms with Crippen LogP contribution in [0.15, 0.2) is 115 Å². The van der Waals surface area contributed by atoms with Gasteiger partial charge in [-0.3, -0.25) is 14.7 Å². The van der Waals surface area contributed by atoms with Crippen molar-refractivity contribution in [1.29, 1.82) is 0 Å². The summed E-state index contributed by atoms with van der Waals surface area (Å²) in [5.41, 5.74) is 10.5. The highest BCUT2D eigenvalue weighted by atomic mass is 35.5. The number of halogens is 3. The lowest BCUT2D eigenvalue weighted by Gasteiger charge is -2.42. The van der Waals surface area contributed by atoms with E-state index in [0.29, 0.717) is 49.4 Å². The van der Waals surface area contributed by atoms with Gasteiger partial charge in [0.1, 0.15) is 23.4 Å². The molecule has 3 aliphatic heterocycles. The van der Waals surface area contributed by atoms with Gasteiger partial charge in [0.15, 0.2) is 5.60 Å². The number of carbonyl (C=O) groups is 2. The lowest BCUT2D eigenvalue weighted by atomic mass is 9.86. The van der Waals surface area contributed by atoms with Crippen LogP contribution >= 0.6 is 23.2 Å².